The summed E-state index contributed by atoms with van der Waals surface area (Å²) in [5, 5.41) is 13.3. The predicted molar refractivity (Wildman–Crippen MR) is 86.5 cm³/mol. The molecule has 2 atom stereocenters. The predicted octanol–water partition coefficient (Wildman–Crippen LogP) is 3.22. The standard InChI is InChI=1S/C18H22N2O2/c1-12-17(2,3)14-8-9-18(12,10-14)16(22)20-19-11-13-4-6-15(21)7-5-13/h4-7,11,14,21H,1,8-10H2,2-3H3,(H,20,22)/b19-11-/t14-,18-/m1/s1. The highest BCUT2D eigenvalue weighted by atomic mass is 16.3. The average Bonchev–Trinajstić information content (AvgIpc) is 3.01. The van der Waals surface area contributed by atoms with Crippen LogP contribution in [0.5, 0.6) is 5.75 Å². The molecule has 1 aromatic rings. The van der Waals surface area contributed by atoms with Crippen molar-refractivity contribution in [1.82, 2.24) is 5.43 Å². The molecule has 0 saturated heterocycles. The molecule has 2 saturated carbocycles. The molecule has 1 aromatic carbocycles. The number of hydrogen-bond acceptors (Lipinski definition) is 3. The molecule has 0 aliphatic heterocycles. The van der Waals surface area contributed by atoms with Crippen LogP contribution in [0.4, 0.5) is 0 Å². The van der Waals surface area contributed by atoms with Gasteiger partial charge in [-0.3, -0.25) is 4.79 Å². The number of rotatable bonds is 3. The minimum absolute atomic E-state index is 0.0380. The van der Waals surface area contributed by atoms with Crippen molar-refractivity contribution >= 4 is 12.1 Å². The molecule has 0 radical (unpaired) electrons. The van der Waals surface area contributed by atoms with E-state index in [1.807, 2.05) is 0 Å². The third-order valence-corrected chi connectivity index (χ3v) is 5.60. The lowest BCUT2D eigenvalue weighted by molar-refractivity contribution is -0.128. The van der Waals surface area contributed by atoms with Crippen LogP contribution < -0.4 is 5.43 Å². The zero-order valence-corrected chi connectivity index (χ0v) is 13.1. The second-order valence-electron chi connectivity index (χ2n) is 7.01. The van der Waals surface area contributed by atoms with Gasteiger partial charge < -0.3 is 5.11 Å². The van der Waals surface area contributed by atoms with Gasteiger partial charge in [0.1, 0.15) is 5.75 Å². The largest absolute Gasteiger partial charge is 0.508 e. The number of aromatic hydroxyl groups is 1. The van der Waals surface area contributed by atoms with E-state index in [0.29, 0.717) is 5.92 Å². The summed E-state index contributed by atoms with van der Waals surface area (Å²) in [6, 6.07) is 6.66. The Balaban J connectivity index is 1.70. The van der Waals surface area contributed by atoms with Crippen LogP contribution in [0.25, 0.3) is 0 Å². The van der Waals surface area contributed by atoms with E-state index in [2.05, 4.69) is 31.0 Å². The molecule has 2 bridgehead atoms. The second-order valence-corrected chi connectivity index (χ2v) is 7.01. The molecule has 2 fully saturated rings. The van der Waals surface area contributed by atoms with Crippen molar-refractivity contribution in [3.8, 4) is 5.75 Å². The van der Waals surface area contributed by atoms with E-state index in [-0.39, 0.29) is 17.1 Å². The van der Waals surface area contributed by atoms with Gasteiger partial charge in [0.25, 0.3) is 0 Å². The molecule has 4 nitrogen and oxygen atoms in total. The molecule has 2 aliphatic carbocycles. The van der Waals surface area contributed by atoms with Crippen LogP contribution >= 0.6 is 0 Å². The van der Waals surface area contributed by atoms with Crippen LogP contribution in [0.3, 0.4) is 0 Å². The van der Waals surface area contributed by atoms with E-state index in [4.69, 9.17) is 0 Å². The fourth-order valence-electron chi connectivity index (χ4n) is 3.97. The van der Waals surface area contributed by atoms with Crippen LogP contribution in [0.2, 0.25) is 0 Å². The minimum atomic E-state index is -0.444. The van der Waals surface area contributed by atoms with E-state index in [1.165, 1.54) is 0 Å². The monoisotopic (exact) mass is 298 g/mol. The fraction of sp³-hybridized carbons (Fsp3) is 0.444. The molecular weight excluding hydrogens is 276 g/mol. The van der Waals surface area contributed by atoms with Gasteiger partial charge in [-0.25, -0.2) is 5.43 Å². The van der Waals surface area contributed by atoms with E-state index in [9.17, 15) is 9.90 Å². The Hall–Kier alpha value is -2.10. The van der Waals surface area contributed by atoms with Crippen molar-refractivity contribution in [3.05, 3.63) is 42.0 Å². The lowest BCUT2D eigenvalue weighted by Crippen LogP contribution is -2.39. The average molecular weight is 298 g/mol. The molecular formula is C18H22N2O2. The lowest BCUT2D eigenvalue weighted by atomic mass is 9.68. The smallest absolute Gasteiger partial charge is 0.250 e. The highest BCUT2D eigenvalue weighted by molar-refractivity contribution is 5.89. The summed E-state index contributed by atoms with van der Waals surface area (Å²) in [5.74, 6) is 0.717. The quantitative estimate of drug-likeness (QED) is 0.511. The van der Waals surface area contributed by atoms with E-state index in [0.717, 1.165) is 30.4 Å². The zero-order valence-electron chi connectivity index (χ0n) is 13.1. The Morgan fingerprint density at radius 1 is 1.41 bits per heavy atom. The van der Waals surface area contributed by atoms with Crippen molar-refractivity contribution in [3.63, 3.8) is 0 Å². The molecule has 22 heavy (non-hydrogen) atoms. The summed E-state index contributed by atoms with van der Waals surface area (Å²) in [5.41, 5.74) is 4.15. The Morgan fingerprint density at radius 2 is 2.09 bits per heavy atom. The minimum Gasteiger partial charge on any atom is -0.508 e. The molecule has 1 amide bonds. The number of carbonyl (C=O) groups excluding carboxylic acids is 1. The molecule has 3 rings (SSSR count). The normalized spacial score (nSPS) is 29.2. The van der Waals surface area contributed by atoms with E-state index < -0.39 is 5.41 Å². The topological polar surface area (TPSA) is 61.7 Å². The number of benzene rings is 1. The first-order chi connectivity index (χ1) is 10.4. The number of nitrogens with one attached hydrogen (secondary N) is 1. The SMILES string of the molecule is C=C1C(C)(C)[C@@H]2CC[C@@]1(C(=O)N/N=C\c1ccc(O)cc1)C2. The Labute approximate surface area is 130 Å². The van der Waals surface area contributed by atoms with Crippen molar-refractivity contribution in [2.75, 3.05) is 0 Å². The lowest BCUT2D eigenvalue weighted by Gasteiger charge is -2.36. The summed E-state index contributed by atoms with van der Waals surface area (Å²) in [6.07, 6.45) is 4.43. The van der Waals surface area contributed by atoms with E-state index >= 15 is 0 Å². The number of phenols is 1. The number of hydrogen-bond donors (Lipinski definition) is 2. The fourth-order valence-corrected chi connectivity index (χ4v) is 3.97. The summed E-state index contributed by atoms with van der Waals surface area (Å²) in [7, 11) is 0. The number of hydrazone groups is 1. The van der Waals surface area contributed by atoms with Gasteiger partial charge in [-0.1, -0.05) is 26.0 Å². The molecule has 0 heterocycles. The summed E-state index contributed by atoms with van der Waals surface area (Å²) >= 11 is 0. The number of fused-ring (bicyclic) bond motifs is 2. The van der Waals surface area contributed by atoms with Crippen molar-refractivity contribution in [2.45, 2.75) is 33.1 Å². The first kappa shape index (κ1) is 14.8. The molecule has 2 aliphatic rings. The van der Waals surface area contributed by atoms with Crippen LogP contribution in [-0.2, 0) is 4.79 Å². The summed E-state index contributed by atoms with van der Waals surface area (Å²) < 4.78 is 0. The van der Waals surface area contributed by atoms with Crippen LogP contribution in [0, 0.1) is 16.7 Å². The van der Waals surface area contributed by atoms with Crippen molar-refractivity contribution in [1.29, 1.82) is 0 Å². The molecule has 0 aromatic heterocycles. The van der Waals surface area contributed by atoms with Gasteiger partial charge in [-0.15, -0.1) is 0 Å². The van der Waals surface area contributed by atoms with Gasteiger partial charge in [0, 0.05) is 0 Å². The number of carbonyl (C=O) groups is 1. The highest BCUT2D eigenvalue weighted by Crippen LogP contribution is 2.65. The third-order valence-electron chi connectivity index (χ3n) is 5.60. The van der Waals surface area contributed by atoms with Gasteiger partial charge in [-0.2, -0.15) is 5.10 Å². The Kier molecular flexibility index (Phi) is 3.35. The third kappa shape index (κ3) is 2.14. The van der Waals surface area contributed by atoms with Crippen molar-refractivity contribution in [2.24, 2.45) is 21.8 Å². The number of phenolic OH excluding ortho intramolecular Hbond substituents is 1. The maximum Gasteiger partial charge on any atom is 0.250 e. The van der Waals surface area contributed by atoms with Crippen molar-refractivity contribution < 1.29 is 9.90 Å². The van der Waals surface area contributed by atoms with Gasteiger partial charge >= 0.3 is 0 Å². The maximum absolute atomic E-state index is 12.6. The van der Waals surface area contributed by atoms with Gasteiger partial charge in [-0.05, 0) is 60.4 Å². The molecule has 4 heteroatoms. The molecule has 116 valence electrons. The second kappa shape index (κ2) is 4.97. The summed E-state index contributed by atoms with van der Waals surface area (Å²) in [6.45, 7) is 8.60. The molecule has 2 N–H and O–H groups in total. The summed E-state index contributed by atoms with van der Waals surface area (Å²) in [4.78, 5) is 12.6. The van der Waals surface area contributed by atoms with Crippen LogP contribution in [0.15, 0.2) is 41.5 Å². The molecule has 0 unspecified atom stereocenters. The highest BCUT2D eigenvalue weighted by Gasteiger charge is 2.60. The first-order valence-electron chi connectivity index (χ1n) is 7.69. The zero-order chi connectivity index (χ0) is 16.0. The maximum atomic E-state index is 12.6. The van der Waals surface area contributed by atoms with E-state index in [1.54, 1.807) is 30.5 Å². The Bertz CT molecular complexity index is 646. The van der Waals surface area contributed by atoms with Gasteiger partial charge in [0.05, 0.1) is 11.6 Å². The Morgan fingerprint density at radius 3 is 2.68 bits per heavy atom. The van der Waals surface area contributed by atoms with Crippen LogP contribution in [0.1, 0.15) is 38.7 Å². The first-order valence-corrected chi connectivity index (χ1v) is 7.69. The number of amides is 1. The van der Waals surface area contributed by atoms with Gasteiger partial charge in [0.15, 0.2) is 0 Å². The number of nitrogens with zero attached hydrogens (tertiary/aromatic N) is 1. The molecule has 0 spiro atoms. The van der Waals surface area contributed by atoms with Crippen LogP contribution in [-0.4, -0.2) is 17.2 Å². The van der Waals surface area contributed by atoms with Gasteiger partial charge in [0.2, 0.25) is 5.91 Å².